The number of esters is 1. The molecule has 0 aliphatic rings. The van der Waals surface area contributed by atoms with Crippen molar-refractivity contribution in [3.8, 4) is 0 Å². The summed E-state index contributed by atoms with van der Waals surface area (Å²) in [7, 11) is 0. The Labute approximate surface area is 146 Å². The van der Waals surface area contributed by atoms with Crippen LogP contribution >= 0.6 is 34.8 Å². The van der Waals surface area contributed by atoms with Gasteiger partial charge < -0.3 is 10.1 Å². The Morgan fingerprint density at radius 3 is 2.65 bits per heavy atom. The van der Waals surface area contributed by atoms with E-state index in [1.54, 1.807) is 0 Å². The Hall–Kier alpha value is -1.89. The highest BCUT2D eigenvalue weighted by Crippen LogP contribution is 2.23. The molecule has 2 aromatic rings. The number of pyridine rings is 2. The lowest BCUT2D eigenvalue weighted by molar-refractivity contribution is -0.123. The van der Waals surface area contributed by atoms with Crippen LogP contribution in [0.1, 0.15) is 17.3 Å². The van der Waals surface area contributed by atoms with Crippen molar-refractivity contribution in [3.05, 3.63) is 51.4 Å². The lowest BCUT2D eigenvalue weighted by atomic mass is 10.3. The molecule has 0 radical (unpaired) electrons. The fourth-order valence-electron chi connectivity index (χ4n) is 1.54. The average molecular weight is 375 g/mol. The molecule has 0 spiro atoms. The maximum Gasteiger partial charge on any atom is 0.342 e. The number of halogens is 3. The van der Waals surface area contributed by atoms with Gasteiger partial charge in [-0.05, 0) is 25.1 Å². The van der Waals surface area contributed by atoms with E-state index in [0.29, 0.717) is 5.02 Å². The number of nitrogens with one attached hydrogen (secondary N) is 1. The highest BCUT2D eigenvalue weighted by molar-refractivity contribution is 6.36. The molecule has 120 valence electrons. The Balaban J connectivity index is 2.03. The van der Waals surface area contributed by atoms with Gasteiger partial charge in [0.25, 0.3) is 5.91 Å². The van der Waals surface area contributed by atoms with Crippen LogP contribution in [-0.2, 0) is 9.53 Å². The van der Waals surface area contributed by atoms with Crippen LogP contribution in [0.25, 0.3) is 0 Å². The van der Waals surface area contributed by atoms with Gasteiger partial charge in [0.05, 0.1) is 15.6 Å². The summed E-state index contributed by atoms with van der Waals surface area (Å²) in [5.74, 6) is -1.25. The van der Waals surface area contributed by atoms with E-state index < -0.39 is 18.0 Å². The number of hydrogen-bond donors (Lipinski definition) is 1. The van der Waals surface area contributed by atoms with Crippen molar-refractivity contribution in [1.82, 2.24) is 9.97 Å². The summed E-state index contributed by atoms with van der Waals surface area (Å²) in [5.41, 5.74) is 0.0662. The third-order valence-electron chi connectivity index (χ3n) is 2.68. The molecular formula is C14H10Cl3N3O3. The first-order valence-corrected chi connectivity index (χ1v) is 7.45. The largest absolute Gasteiger partial charge is 0.449 e. The van der Waals surface area contributed by atoms with Gasteiger partial charge in [-0.3, -0.25) is 4.79 Å². The molecule has 1 N–H and O–H groups in total. The molecular weight excluding hydrogens is 365 g/mol. The topological polar surface area (TPSA) is 81.2 Å². The van der Waals surface area contributed by atoms with Crippen molar-refractivity contribution >= 4 is 52.5 Å². The fourth-order valence-corrected chi connectivity index (χ4v) is 2.16. The second-order valence-corrected chi connectivity index (χ2v) is 5.56. The smallest absolute Gasteiger partial charge is 0.342 e. The number of anilines is 1. The van der Waals surface area contributed by atoms with Gasteiger partial charge in [0.15, 0.2) is 11.9 Å². The number of carbonyl (C=O) groups excluding carboxylic acids is 2. The summed E-state index contributed by atoms with van der Waals surface area (Å²) in [4.78, 5) is 31.6. The number of rotatable bonds is 4. The summed E-state index contributed by atoms with van der Waals surface area (Å²) >= 11 is 17.4. The first kappa shape index (κ1) is 17.5. The van der Waals surface area contributed by atoms with Crippen LogP contribution in [0.3, 0.4) is 0 Å². The van der Waals surface area contributed by atoms with E-state index in [9.17, 15) is 9.59 Å². The summed E-state index contributed by atoms with van der Waals surface area (Å²) in [6.07, 6.45) is 1.67. The maximum atomic E-state index is 12.0. The molecule has 2 aromatic heterocycles. The molecule has 6 nitrogen and oxygen atoms in total. The Bertz CT molecular complexity index is 755. The normalized spacial score (nSPS) is 11.7. The van der Waals surface area contributed by atoms with E-state index in [2.05, 4.69) is 15.3 Å². The van der Waals surface area contributed by atoms with Gasteiger partial charge in [0.2, 0.25) is 0 Å². The number of carbonyl (C=O) groups is 2. The van der Waals surface area contributed by atoms with Gasteiger partial charge in [0, 0.05) is 12.4 Å². The second-order valence-electron chi connectivity index (χ2n) is 4.36. The van der Waals surface area contributed by atoms with Crippen LogP contribution in [0.5, 0.6) is 0 Å². The molecule has 1 atom stereocenters. The Morgan fingerprint density at radius 1 is 1.26 bits per heavy atom. The summed E-state index contributed by atoms with van der Waals surface area (Å²) in [6.45, 7) is 1.40. The van der Waals surface area contributed by atoms with Crippen molar-refractivity contribution in [2.24, 2.45) is 0 Å². The molecule has 0 unspecified atom stereocenters. The van der Waals surface area contributed by atoms with Crippen molar-refractivity contribution in [3.63, 3.8) is 0 Å². The molecule has 0 aliphatic carbocycles. The SMILES string of the molecule is C[C@@H](OC(=O)c1cccnc1Cl)C(=O)Nc1ncc(Cl)cc1Cl. The minimum Gasteiger partial charge on any atom is -0.449 e. The lowest BCUT2D eigenvalue weighted by Crippen LogP contribution is -2.30. The van der Waals surface area contributed by atoms with Crippen LogP contribution < -0.4 is 5.32 Å². The highest BCUT2D eigenvalue weighted by atomic mass is 35.5. The van der Waals surface area contributed by atoms with Crippen molar-refractivity contribution in [1.29, 1.82) is 0 Å². The summed E-state index contributed by atoms with van der Waals surface area (Å²) < 4.78 is 5.04. The van der Waals surface area contributed by atoms with Crippen LogP contribution in [0, 0.1) is 0 Å². The minimum absolute atomic E-state index is 0.00693. The number of ether oxygens (including phenoxy) is 1. The van der Waals surface area contributed by atoms with Crippen molar-refractivity contribution in [2.75, 3.05) is 5.32 Å². The molecule has 1 amide bonds. The molecule has 2 rings (SSSR count). The monoisotopic (exact) mass is 373 g/mol. The summed E-state index contributed by atoms with van der Waals surface area (Å²) in [5, 5.41) is 2.93. The van der Waals surface area contributed by atoms with E-state index in [1.165, 1.54) is 37.5 Å². The van der Waals surface area contributed by atoms with Gasteiger partial charge in [-0.15, -0.1) is 0 Å². The third-order valence-corrected chi connectivity index (χ3v) is 3.48. The van der Waals surface area contributed by atoms with Crippen LogP contribution in [-0.4, -0.2) is 27.9 Å². The standard InChI is InChI=1S/C14H10Cl3N3O3/c1-7(23-14(22)9-3-2-4-18-11(9)17)13(21)20-12-10(16)5-8(15)6-19-12/h2-7H,1H3,(H,19,20,21)/t7-/m1/s1. The lowest BCUT2D eigenvalue weighted by Gasteiger charge is -2.14. The molecule has 0 aromatic carbocycles. The van der Waals surface area contributed by atoms with Gasteiger partial charge in [-0.25, -0.2) is 14.8 Å². The van der Waals surface area contributed by atoms with Crippen molar-refractivity contribution < 1.29 is 14.3 Å². The quantitative estimate of drug-likeness (QED) is 0.653. The minimum atomic E-state index is -1.09. The molecule has 23 heavy (non-hydrogen) atoms. The highest BCUT2D eigenvalue weighted by Gasteiger charge is 2.21. The zero-order chi connectivity index (χ0) is 17.0. The van der Waals surface area contributed by atoms with Gasteiger partial charge in [-0.1, -0.05) is 34.8 Å². The molecule has 0 saturated carbocycles. The van der Waals surface area contributed by atoms with Crippen molar-refractivity contribution in [2.45, 2.75) is 13.0 Å². The predicted molar refractivity (Wildman–Crippen MR) is 87.0 cm³/mol. The van der Waals surface area contributed by atoms with E-state index >= 15 is 0 Å². The number of nitrogens with zero attached hydrogens (tertiary/aromatic N) is 2. The predicted octanol–water partition coefficient (Wildman–Crippen LogP) is 3.62. The van der Waals surface area contributed by atoms with Crippen LogP contribution in [0.15, 0.2) is 30.6 Å². The molecule has 9 heteroatoms. The zero-order valence-corrected chi connectivity index (χ0v) is 14.0. The van der Waals surface area contributed by atoms with E-state index in [4.69, 9.17) is 39.5 Å². The van der Waals surface area contributed by atoms with Gasteiger partial charge in [0.1, 0.15) is 5.15 Å². The molecule has 0 bridgehead atoms. The van der Waals surface area contributed by atoms with E-state index in [-0.39, 0.29) is 21.6 Å². The van der Waals surface area contributed by atoms with E-state index in [0.717, 1.165) is 0 Å². The molecule has 0 fully saturated rings. The average Bonchev–Trinajstić information content (AvgIpc) is 2.50. The first-order chi connectivity index (χ1) is 10.9. The first-order valence-electron chi connectivity index (χ1n) is 6.32. The van der Waals surface area contributed by atoms with Crippen LogP contribution in [0.2, 0.25) is 15.2 Å². The van der Waals surface area contributed by atoms with Crippen LogP contribution in [0.4, 0.5) is 5.82 Å². The summed E-state index contributed by atoms with van der Waals surface area (Å²) in [6, 6.07) is 4.41. The Kier molecular flexibility index (Phi) is 5.76. The second kappa shape index (κ2) is 7.59. The maximum absolute atomic E-state index is 12.0. The molecule has 0 saturated heterocycles. The number of amides is 1. The Morgan fingerprint density at radius 2 is 2.00 bits per heavy atom. The van der Waals surface area contributed by atoms with Gasteiger partial charge >= 0.3 is 5.97 Å². The fraction of sp³-hybridized carbons (Fsp3) is 0.143. The third kappa shape index (κ3) is 4.54. The molecule has 0 aliphatic heterocycles. The van der Waals surface area contributed by atoms with E-state index in [1.807, 2.05) is 0 Å². The number of aromatic nitrogens is 2. The number of hydrogen-bond acceptors (Lipinski definition) is 5. The molecule has 2 heterocycles. The zero-order valence-electron chi connectivity index (χ0n) is 11.7. The van der Waals surface area contributed by atoms with Gasteiger partial charge in [-0.2, -0.15) is 0 Å².